The number of hydrogen-bond donors (Lipinski definition) is 1. The van der Waals surface area contributed by atoms with Crippen molar-refractivity contribution in [3.05, 3.63) is 41.6 Å². The number of carbonyl (C=O) groups is 1. The summed E-state index contributed by atoms with van der Waals surface area (Å²) >= 11 is 0. The largest absolute Gasteiger partial charge is 0.493 e. The Labute approximate surface area is 158 Å². The third-order valence-electron chi connectivity index (χ3n) is 4.35. The number of amides is 1. The molecule has 27 heavy (non-hydrogen) atoms. The van der Waals surface area contributed by atoms with Crippen molar-refractivity contribution in [2.24, 2.45) is 0 Å². The molecule has 0 spiro atoms. The van der Waals surface area contributed by atoms with E-state index in [2.05, 4.69) is 15.5 Å². The predicted molar refractivity (Wildman–Crippen MR) is 100 cm³/mol. The van der Waals surface area contributed by atoms with Gasteiger partial charge < -0.3 is 24.4 Å². The molecule has 144 valence electrons. The van der Waals surface area contributed by atoms with E-state index >= 15 is 0 Å². The second-order valence-electron chi connectivity index (χ2n) is 6.07. The molecule has 0 saturated carbocycles. The summed E-state index contributed by atoms with van der Waals surface area (Å²) in [7, 11) is 3.24. The summed E-state index contributed by atoms with van der Waals surface area (Å²) in [4.78, 5) is 14.1. The molecule has 0 bridgehead atoms. The van der Waals surface area contributed by atoms with Gasteiger partial charge in [-0.05, 0) is 36.2 Å². The zero-order valence-electron chi connectivity index (χ0n) is 15.6. The number of nitrogens with zero attached hydrogens (tertiary/aromatic N) is 3. The second-order valence-corrected chi connectivity index (χ2v) is 6.07. The first kappa shape index (κ1) is 18.9. The number of rotatable bonds is 7. The fourth-order valence-electron chi connectivity index (χ4n) is 2.84. The molecule has 1 amide bonds. The van der Waals surface area contributed by atoms with Crippen molar-refractivity contribution < 1.29 is 19.0 Å². The molecule has 1 N–H and O–H groups in total. The number of morpholine rings is 1. The molecule has 0 radical (unpaired) electrons. The molecule has 2 aromatic rings. The van der Waals surface area contributed by atoms with Gasteiger partial charge in [-0.3, -0.25) is 4.79 Å². The highest BCUT2D eigenvalue weighted by Gasteiger charge is 2.19. The lowest BCUT2D eigenvalue weighted by Gasteiger charge is -2.26. The molecule has 0 atom stereocenters. The highest BCUT2D eigenvalue weighted by atomic mass is 16.5. The topological polar surface area (TPSA) is 85.8 Å². The van der Waals surface area contributed by atoms with Gasteiger partial charge in [0, 0.05) is 19.6 Å². The van der Waals surface area contributed by atoms with Gasteiger partial charge in [0.25, 0.3) is 5.91 Å². The number of benzene rings is 1. The van der Waals surface area contributed by atoms with Gasteiger partial charge in [0.1, 0.15) is 5.82 Å². The van der Waals surface area contributed by atoms with E-state index in [1.165, 1.54) is 0 Å². The van der Waals surface area contributed by atoms with Crippen molar-refractivity contribution in [2.45, 2.75) is 6.42 Å². The Bertz CT molecular complexity index is 761. The van der Waals surface area contributed by atoms with Crippen molar-refractivity contribution in [1.82, 2.24) is 15.1 Å². The minimum atomic E-state index is -0.109. The van der Waals surface area contributed by atoms with Gasteiger partial charge in [-0.1, -0.05) is 6.07 Å². The molecule has 1 aromatic heterocycles. The fraction of sp³-hybridized carbons (Fsp3) is 0.421. The summed E-state index contributed by atoms with van der Waals surface area (Å²) in [5, 5.41) is 11.4. The predicted octanol–water partition coefficient (Wildman–Crippen LogP) is 1.62. The highest BCUT2D eigenvalue weighted by molar-refractivity contribution is 5.92. The number of aromatic nitrogens is 2. The third-order valence-corrected chi connectivity index (χ3v) is 4.35. The van der Waals surface area contributed by atoms with Crippen molar-refractivity contribution in [2.75, 3.05) is 52.4 Å². The maximum atomic E-state index is 12.3. The van der Waals surface area contributed by atoms with Gasteiger partial charge in [-0.25, -0.2) is 0 Å². The molecule has 1 saturated heterocycles. The average Bonchev–Trinajstić information content (AvgIpc) is 2.74. The van der Waals surface area contributed by atoms with Gasteiger partial charge in [0.05, 0.1) is 27.4 Å². The SMILES string of the molecule is COc1ccc(CCNc2ccc(C(=O)N3CCOCC3)nn2)cc1OC. The van der Waals surface area contributed by atoms with Crippen LogP contribution in [0.25, 0.3) is 0 Å². The van der Waals surface area contributed by atoms with Crippen LogP contribution in [0.3, 0.4) is 0 Å². The molecule has 1 aliphatic heterocycles. The first-order valence-corrected chi connectivity index (χ1v) is 8.87. The molecule has 2 heterocycles. The van der Waals surface area contributed by atoms with Gasteiger partial charge in [-0.15, -0.1) is 10.2 Å². The fourth-order valence-corrected chi connectivity index (χ4v) is 2.84. The van der Waals surface area contributed by atoms with E-state index in [4.69, 9.17) is 14.2 Å². The number of anilines is 1. The summed E-state index contributed by atoms with van der Waals surface area (Å²) in [5.41, 5.74) is 1.47. The highest BCUT2D eigenvalue weighted by Crippen LogP contribution is 2.27. The first-order valence-electron chi connectivity index (χ1n) is 8.87. The van der Waals surface area contributed by atoms with Crippen molar-refractivity contribution in [1.29, 1.82) is 0 Å². The molecular weight excluding hydrogens is 348 g/mol. The van der Waals surface area contributed by atoms with Crippen LogP contribution in [0.1, 0.15) is 16.1 Å². The van der Waals surface area contributed by atoms with E-state index < -0.39 is 0 Å². The van der Waals surface area contributed by atoms with Crippen LogP contribution in [-0.2, 0) is 11.2 Å². The van der Waals surface area contributed by atoms with Crippen molar-refractivity contribution in [3.8, 4) is 11.5 Å². The van der Waals surface area contributed by atoms with Crippen LogP contribution < -0.4 is 14.8 Å². The van der Waals surface area contributed by atoms with E-state index in [0.717, 1.165) is 12.0 Å². The summed E-state index contributed by atoms with van der Waals surface area (Å²) in [6.07, 6.45) is 0.788. The smallest absolute Gasteiger partial charge is 0.274 e. The van der Waals surface area contributed by atoms with Crippen LogP contribution in [0, 0.1) is 0 Å². The Morgan fingerprint density at radius 2 is 1.89 bits per heavy atom. The molecule has 3 rings (SSSR count). The van der Waals surface area contributed by atoms with Crippen LogP contribution in [0.2, 0.25) is 0 Å². The van der Waals surface area contributed by atoms with Crippen LogP contribution in [0.4, 0.5) is 5.82 Å². The lowest BCUT2D eigenvalue weighted by molar-refractivity contribution is 0.0298. The zero-order chi connectivity index (χ0) is 19.1. The molecule has 8 heteroatoms. The lowest BCUT2D eigenvalue weighted by Crippen LogP contribution is -2.41. The third kappa shape index (κ3) is 4.85. The monoisotopic (exact) mass is 372 g/mol. The van der Waals surface area contributed by atoms with Crippen LogP contribution >= 0.6 is 0 Å². The summed E-state index contributed by atoms with van der Waals surface area (Å²) in [6.45, 7) is 2.99. The van der Waals surface area contributed by atoms with E-state index in [1.54, 1.807) is 31.3 Å². The Balaban J connectivity index is 1.52. The van der Waals surface area contributed by atoms with Crippen LogP contribution in [0.5, 0.6) is 11.5 Å². The Kier molecular flexibility index (Phi) is 6.43. The summed E-state index contributed by atoms with van der Waals surface area (Å²) < 4.78 is 15.8. The number of ether oxygens (including phenoxy) is 3. The molecule has 1 aromatic carbocycles. The van der Waals surface area contributed by atoms with E-state index in [-0.39, 0.29) is 5.91 Å². The standard InChI is InChI=1S/C19H24N4O4/c1-25-16-5-3-14(13-17(16)26-2)7-8-20-18-6-4-15(21-22-18)19(24)23-9-11-27-12-10-23/h3-6,13H,7-12H2,1-2H3,(H,20,22). The van der Waals surface area contributed by atoms with E-state index in [9.17, 15) is 4.79 Å². The van der Waals surface area contributed by atoms with Gasteiger partial charge in [0.15, 0.2) is 17.2 Å². The number of methoxy groups -OCH3 is 2. The van der Waals surface area contributed by atoms with Gasteiger partial charge in [-0.2, -0.15) is 0 Å². The van der Waals surface area contributed by atoms with Gasteiger partial charge in [0.2, 0.25) is 0 Å². The minimum absolute atomic E-state index is 0.109. The Morgan fingerprint density at radius 3 is 2.56 bits per heavy atom. The molecule has 1 fully saturated rings. The van der Waals surface area contributed by atoms with Gasteiger partial charge >= 0.3 is 0 Å². The van der Waals surface area contributed by atoms with E-state index in [1.807, 2.05) is 18.2 Å². The maximum absolute atomic E-state index is 12.3. The zero-order valence-corrected chi connectivity index (χ0v) is 15.6. The second kappa shape index (κ2) is 9.18. The van der Waals surface area contributed by atoms with E-state index in [0.29, 0.717) is 55.9 Å². The number of hydrogen-bond acceptors (Lipinski definition) is 7. The Hall–Kier alpha value is -2.87. The van der Waals surface area contributed by atoms with Crippen molar-refractivity contribution in [3.63, 3.8) is 0 Å². The van der Waals surface area contributed by atoms with Crippen LogP contribution in [0.15, 0.2) is 30.3 Å². The quantitative estimate of drug-likeness (QED) is 0.790. The average molecular weight is 372 g/mol. The summed E-state index contributed by atoms with van der Waals surface area (Å²) in [5.74, 6) is 1.94. The van der Waals surface area contributed by atoms with Crippen molar-refractivity contribution >= 4 is 11.7 Å². The molecule has 0 unspecified atom stereocenters. The minimum Gasteiger partial charge on any atom is -0.493 e. The normalized spacial score (nSPS) is 13.9. The molecule has 8 nitrogen and oxygen atoms in total. The number of carbonyl (C=O) groups excluding carboxylic acids is 1. The molecular formula is C19H24N4O4. The first-order chi connectivity index (χ1) is 13.2. The molecule has 1 aliphatic rings. The molecule has 0 aliphatic carbocycles. The Morgan fingerprint density at radius 1 is 1.11 bits per heavy atom. The van der Waals surface area contributed by atoms with Crippen LogP contribution in [-0.4, -0.2) is 68.1 Å². The number of nitrogens with one attached hydrogen (secondary N) is 1. The lowest BCUT2D eigenvalue weighted by atomic mass is 10.1. The maximum Gasteiger partial charge on any atom is 0.274 e. The summed E-state index contributed by atoms with van der Waals surface area (Å²) in [6, 6.07) is 9.31.